The van der Waals surface area contributed by atoms with E-state index in [4.69, 9.17) is 18.9 Å². The van der Waals surface area contributed by atoms with Crippen LogP contribution < -0.4 is 0 Å². The number of carbonyl (C=O) groups excluding carboxylic acids is 3. The minimum Gasteiger partial charge on any atom is -0.498 e. The van der Waals surface area contributed by atoms with Gasteiger partial charge in [0.15, 0.2) is 0 Å². The van der Waals surface area contributed by atoms with Gasteiger partial charge in [0.25, 0.3) is 0 Å². The molecule has 0 aliphatic rings. The molecule has 0 N–H and O–H groups in total. The van der Waals surface area contributed by atoms with Crippen molar-refractivity contribution in [3.05, 3.63) is 12.3 Å². The summed E-state index contributed by atoms with van der Waals surface area (Å²) in [6, 6.07) is 0. The number of rotatable bonds is 47. The van der Waals surface area contributed by atoms with Crippen LogP contribution in [0, 0.1) is 0 Å². The Bertz CT molecular complexity index is 885. The van der Waals surface area contributed by atoms with Crippen molar-refractivity contribution in [3.8, 4) is 0 Å². The zero-order valence-electron chi connectivity index (χ0n) is 37.8. The molecule has 0 aromatic carbocycles. The molecule has 0 rings (SSSR count). The van der Waals surface area contributed by atoms with Crippen molar-refractivity contribution in [1.29, 1.82) is 0 Å². The van der Waals surface area contributed by atoms with Crippen molar-refractivity contribution in [3.63, 3.8) is 0 Å². The topological polar surface area (TPSA) is 97.9 Å². The van der Waals surface area contributed by atoms with Crippen molar-refractivity contribution >= 4 is 104 Å². The molecule has 0 radical (unpaired) electrons. The zero-order valence-corrected chi connectivity index (χ0v) is 44.3. The summed E-state index contributed by atoms with van der Waals surface area (Å²) < 4.78 is 22.5. The van der Waals surface area contributed by atoms with Crippen LogP contribution in [0.5, 0.6) is 0 Å². The smallest absolute Gasteiger partial charge is 0.307 e. The van der Waals surface area contributed by atoms with E-state index >= 15 is 0 Å². The molecule has 10 nitrogen and oxygen atoms in total. The number of hydrogen-bond acceptors (Lipinski definition) is 18. The molecule has 18 heteroatoms. The molecule has 60 heavy (non-hydrogen) atoms. The highest BCUT2D eigenvalue weighted by molar-refractivity contribution is 8.77. The highest BCUT2D eigenvalue weighted by Crippen LogP contribution is 2.24. The summed E-state index contributed by atoms with van der Waals surface area (Å²) in [7, 11) is 16.6. The van der Waals surface area contributed by atoms with Gasteiger partial charge in [0.05, 0.1) is 31.6 Å². The molecule has 0 aliphatic carbocycles. The van der Waals surface area contributed by atoms with Crippen molar-refractivity contribution < 1.29 is 33.3 Å². The van der Waals surface area contributed by atoms with E-state index in [1.54, 1.807) is 32.4 Å². The highest BCUT2D eigenvalue weighted by atomic mass is 33.1. The van der Waals surface area contributed by atoms with Gasteiger partial charge in [-0.15, -0.1) is 0 Å². The van der Waals surface area contributed by atoms with E-state index in [1.165, 1.54) is 57.1 Å². The van der Waals surface area contributed by atoms with Gasteiger partial charge in [0.1, 0.15) is 19.8 Å². The summed E-state index contributed by atoms with van der Waals surface area (Å²) in [6.45, 7) is 20.3. The van der Waals surface area contributed by atoms with Crippen LogP contribution in [0.3, 0.4) is 0 Å². The Morgan fingerprint density at radius 3 is 1.00 bits per heavy atom. The van der Waals surface area contributed by atoms with Gasteiger partial charge in [-0.1, -0.05) is 146 Å². The van der Waals surface area contributed by atoms with Crippen LogP contribution in [0.15, 0.2) is 12.3 Å². The maximum Gasteiger partial charge on any atom is 0.307 e. The van der Waals surface area contributed by atoms with Gasteiger partial charge in [0.2, 0.25) is 0 Å². The van der Waals surface area contributed by atoms with Gasteiger partial charge < -0.3 is 33.6 Å². The van der Waals surface area contributed by atoms with Crippen LogP contribution >= 0.6 is 86.4 Å². The molecular formula is C42H81N3O7S8. The first-order valence-corrected chi connectivity index (χ1v) is 32.1. The van der Waals surface area contributed by atoms with Crippen LogP contribution in [-0.2, 0) is 33.3 Å². The minimum atomic E-state index is -0.207. The summed E-state index contributed by atoms with van der Waals surface area (Å²) in [5.74, 6) is 8.02. The zero-order chi connectivity index (χ0) is 44.2. The lowest BCUT2D eigenvalue weighted by Gasteiger charge is -2.28. The second-order valence-corrected chi connectivity index (χ2v) is 24.8. The Hall–Kier alpha value is 0.630. The first-order chi connectivity index (χ1) is 29.2. The molecule has 0 aliphatic heterocycles. The molecular weight excluding hydrogens is 915 g/mol. The van der Waals surface area contributed by atoms with Crippen LogP contribution in [-0.4, -0.2) is 164 Å². The number of carbonyl (C=O) groups is 3. The van der Waals surface area contributed by atoms with Gasteiger partial charge in [0, 0.05) is 105 Å². The quantitative estimate of drug-likeness (QED) is 0.0190. The Morgan fingerprint density at radius 2 is 0.683 bits per heavy atom. The van der Waals surface area contributed by atoms with E-state index in [2.05, 4.69) is 56.0 Å². The number of hydrogen-bond donors (Lipinski definition) is 0. The van der Waals surface area contributed by atoms with Crippen LogP contribution in [0.2, 0.25) is 0 Å². The molecule has 0 spiro atoms. The lowest BCUT2D eigenvalue weighted by atomic mass is 10.3. The number of nitrogens with zero attached hydrogens (tertiary/aromatic N) is 3. The summed E-state index contributed by atoms with van der Waals surface area (Å²) >= 11 is 0. The summed E-state index contributed by atoms with van der Waals surface area (Å²) in [5, 5.41) is 0. The molecule has 0 saturated heterocycles. The average molecular weight is 997 g/mol. The lowest BCUT2D eigenvalue weighted by molar-refractivity contribution is -0.144. The molecule has 0 unspecified atom stereocenters. The van der Waals surface area contributed by atoms with Gasteiger partial charge >= 0.3 is 17.9 Å². The van der Waals surface area contributed by atoms with Gasteiger partial charge in [-0.05, 0) is 32.7 Å². The Kier molecular flexibility index (Phi) is 48.1. The third-order valence-corrected chi connectivity index (χ3v) is 18.4. The fraction of sp³-hybridized carbons (Fsp3) is 0.881. The van der Waals surface area contributed by atoms with Crippen molar-refractivity contribution in [2.24, 2.45) is 0 Å². The fourth-order valence-corrected chi connectivity index (χ4v) is 13.0. The second-order valence-electron chi connectivity index (χ2n) is 14.0. The normalized spacial score (nSPS) is 11.5. The predicted molar refractivity (Wildman–Crippen MR) is 276 cm³/mol. The van der Waals surface area contributed by atoms with Crippen molar-refractivity contribution in [2.75, 3.05) is 132 Å². The largest absolute Gasteiger partial charge is 0.498 e. The Labute approximate surface area is 398 Å². The van der Waals surface area contributed by atoms with Crippen LogP contribution in [0.4, 0.5) is 0 Å². The first-order valence-electron chi connectivity index (χ1n) is 22.1. The fourth-order valence-electron chi connectivity index (χ4n) is 4.80. The molecule has 0 bridgehead atoms. The lowest BCUT2D eigenvalue weighted by Crippen LogP contribution is -2.40. The number of esters is 3. The Morgan fingerprint density at radius 1 is 0.400 bits per heavy atom. The highest BCUT2D eigenvalue weighted by Gasteiger charge is 2.16. The maximum absolute atomic E-state index is 12.7. The van der Waals surface area contributed by atoms with Crippen molar-refractivity contribution in [2.45, 2.75) is 105 Å². The number of unbranched alkanes of at least 4 members (excludes halogenated alkanes) is 4. The van der Waals surface area contributed by atoms with Gasteiger partial charge in [-0.2, -0.15) is 0 Å². The minimum absolute atomic E-state index is 0.165. The second kappa shape index (κ2) is 47.6. The molecule has 0 fully saturated rings. The van der Waals surface area contributed by atoms with E-state index in [0.717, 1.165) is 72.2 Å². The summed E-state index contributed by atoms with van der Waals surface area (Å²) in [4.78, 5) is 44.7. The first kappa shape index (κ1) is 60.6. The van der Waals surface area contributed by atoms with Gasteiger partial charge in [-0.25, -0.2) is 0 Å². The average Bonchev–Trinajstić information content (AvgIpc) is 3.24. The Balaban J connectivity index is 5.10. The van der Waals surface area contributed by atoms with Crippen molar-refractivity contribution in [1.82, 2.24) is 14.7 Å². The number of ether oxygens (including phenoxy) is 4. The number of likely N-dealkylation sites (N-methyl/N-ethyl adjacent to an activating group) is 1. The standard InChI is InChI=1S/C42H81N3O7S8/c1-7-11-31-53-57-35-27-49-39(5)15-19-44(20-16-40(46)50-28-36-58-54-32-12-8-2)25-23-43(6)24-26-45(21-17-41(47)51-29-37-59-55-33-13-9-3)22-18-42(48)52-30-38-60-56-34-14-10-4/h5,7-38H2,1-4,6H3. The molecule has 0 heterocycles. The molecule has 0 amide bonds. The molecule has 0 aromatic heterocycles. The summed E-state index contributed by atoms with van der Waals surface area (Å²) in [6.07, 6.45) is 11.2. The monoisotopic (exact) mass is 995 g/mol. The SMILES string of the molecule is C=C(CCN(CCC(=O)OCCSSCCCC)CCN(C)CCN(CCC(=O)OCCSSCCCC)CCC(=O)OCCSSCCCC)OCCSSCCCC. The third-order valence-electron chi connectivity index (χ3n) is 8.62. The maximum atomic E-state index is 12.7. The summed E-state index contributed by atoms with van der Waals surface area (Å²) in [5.41, 5.74) is 0. The third kappa shape index (κ3) is 43.9. The van der Waals surface area contributed by atoms with Crippen LogP contribution in [0.25, 0.3) is 0 Å². The van der Waals surface area contributed by atoms with E-state index in [-0.39, 0.29) is 30.7 Å². The van der Waals surface area contributed by atoms with E-state index in [1.807, 2.05) is 54.0 Å². The molecule has 354 valence electrons. The predicted octanol–water partition coefficient (Wildman–Crippen LogP) is 11.0. The van der Waals surface area contributed by atoms with Gasteiger partial charge in [-0.3, -0.25) is 14.4 Å². The van der Waals surface area contributed by atoms with Crippen LogP contribution in [0.1, 0.15) is 105 Å². The van der Waals surface area contributed by atoms with E-state index in [9.17, 15) is 14.4 Å². The van der Waals surface area contributed by atoms with E-state index < -0.39 is 0 Å². The molecule has 0 atom stereocenters. The van der Waals surface area contributed by atoms with E-state index in [0.29, 0.717) is 65.4 Å². The molecule has 0 saturated carbocycles. The molecule has 0 aromatic rings.